The van der Waals surface area contributed by atoms with Crippen molar-refractivity contribution in [1.82, 2.24) is 9.97 Å². The number of rotatable bonds is 6. The van der Waals surface area contributed by atoms with Crippen LogP contribution in [0.2, 0.25) is 5.02 Å². The highest BCUT2D eigenvalue weighted by Crippen LogP contribution is 2.21. The van der Waals surface area contributed by atoms with Gasteiger partial charge in [-0.05, 0) is 36.8 Å². The maximum absolute atomic E-state index is 12.2. The van der Waals surface area contributed by atoms with E-state index in [0.29, 0.717) is 10.7 Å². The molecule has 0 radical (unpaired) electrons. The first kappa shape index (κ1) is 20.5. The number of nitrogens with one attached hydrogen (secondary N) is 3. The number of amides is 2. The zero-order valence-electron chi connectivity index (χ0n) is 15.1. The molecule has 0 saturated heterocycles. The van der Waals surface area contributed by atoms with Gasteiger partial charge < -0.3 is 20.8 Å². The first-order valence-corrected chi connectivity index (χ1v) is 9.63. The number of thioether (sulfide) groups is 1. The van der Waals surface area contributed by atoms with Gasteiger partial charge in [0, 0.05) is 10.7 Å². The van der Waals surface area contributed by atoms with E-state index in [0.717, 1.165) is 17.3 Å². The summed E-state index contributed by atoms with van der Waals surface area (Å²) in [5.41, 5.74) is 6.39. The van der Waals surface area contributed by atoms with Crippen LogP contribution in [0.15, 0.2) is 51.0 Å². The zero-order chi connectivity index (χ0) is 21.0. The van der Waals surface area contributed by atoms with Gasteiger partial charge in [0.2, 0.25) is 5.91 Å². The molecule has 0 saturated carbocycles. The van der Waals surface area contributed by atoms with E-state index in [1.807, 2.05) is 6.92 Å². The summed E-state index contributed by atoms with van der Waals surface area (Å²) in [6.45, 7) is 1.86. The molecule has 0 unspecified atom stereocenters. The Morgan fingerprint density at radius 1 is 1.31 bits per heavy atom. The van der Waals surface area contributed by atoms with Crippen molar-refractivity contribution >= 4 is 52.4 Å². The lowest BCUT2D eigenvalue weighted by Crippen LogP contribution is -2.23. The Morgan fingerprint density at radius 3 is 2.76 bits per heavy atom. The number of carbonyl (C=O) groups is 2. The van der Waals surface area contributed by atoms with Crippen molar-refractivity contribution in [2.75, 3.05) is 22.1 Å². The van der Waals surface area contributed by atoms with Crippen molar-refractivity contribution in [3.8, 4) is 0 Å². The van der Waals surface area contributed by atoms with Crippen molar-refractivity contribution in [3.05, 3.63) is 63.3 Å². The third-order valence-electron chi connectivity index (χ3n) is 3.70. The largest absolute Gasteiger partial charge is 0.459 e. The summed E-state index contributed by atoms with van der Waals surface area (Å²) in [5, 5.41) is 5.73. The van der Waals surface area contributed by atoms with Crippen molar-refractivity contribution < 1.29 is 14.0 Å². The van der Waals surface area contributed by atoms with Crippen LogP contribution in [0, 0.1) is 6.92 Å². The molecule has 1 aromatic carbocycles. The Labute approximate surface area is 174 Å². The van der Waals surface area contributed by atoms with Crippen LogP contribution in [0.5, 0.6) is 0 Å². The zero-order valence-corrected chi connectivity index (χ0v) is 16.7. The number of aromatic amines is 1. The molecule has 3 rings (SSSR count). The van der Waals surface area contributed by atoms with Crippen molar-refractivity contribution in [1.29, 1.82) is 0 Å². The van der Waals surface area contributed by atoms with Crippen LogP contribution in [-0.2, 0) is 4.79 Å². The molecule has 2 amide bonds. The average molecular weight is 434 g/mol. The third-order valence-corrected chi connectivity index (χ3v) is 4.99. The minimum absolute atomic E-state index is 0.0218. The monoisotopic (exact) mass is 433 g/mol. The molecule has 29 heavy (non-hydrogen) atoms. The topological polar surface area (TPSA) is 143 Å². The minimum atomic E-state index is -0.648. The fourth-order valence-electron chi connectivity index (χ4n) is 2.24. The highest BCUT2D eigenvalue weighted by atomic mass is 35.5. The normalized spacial score (nSPS) is 10.6. The summed E-state index contributed by atoms with van der Waals surface area (Å²) in [7, 11) is 0. The molecular weight excluding hydrogens is 418 g/mol. The number of furan rings is 1. The number of H-pyrrole nitrogens is 1. The number of hydrogen-bond donors (Lipinski definition) is 4. The van der Waals surface area contributed by atoms with Gasteiger partial charge in [0.25, 0.3) is 11.5 Å². The predicted octanol–water partition coefficient (Wildman–Crippen LogP) is 2.89. The number of nitrogens with zero attached hydrogens (tertiary/aromatic N) is 1. The minimum Gasteiger partial charge on any atom is -0.459 e. The standard InChI is InChI=1S/C18H16ClN5O4S/c1-9-4-5-10(7-11(9)19)21-13(25)8-29-18-23-15(20)14(17(27)24-18)22-16(26)12-3-2-6-28-12/h2-7H,8H2,1H3,(H,21,25)(H,22,26)(H3,20,23,24,27). The van der Waals surface area contributed by atoms with Crippen LogP contribution in [0.1, 0.15) is 16.1 Å². The number of hydrogen-bond acceptors (Lipinski definition) is 7. The third kappa shape index (κ3) is 5.18. The van der Waals surface area contributed by atoms with Gasteiger partial charge in [0.1, 0.15) is 0 Å². The van der Waals surface area contributed by atoms with E-state index in [1.54, 1.807) is 18.2 Å². The van der Waals surface area contributed by atoms with Crippen LogP contribution >= 0.6 is 23.4 Å². The second-order valence-corrected chi connectivity index (χ2v) is 7.23. The van der Waals surface area contributed by atoms with Crippen molar-refractivity contribution in [3.63, 3.8) is 0 Å². The smallest absolute Gasteiger partial charge is 0.291 e. The highest BCUT2D eigenvalue weighted by molar-refractivity contribution is 7.99. The van der Waals surface area contributed by atoms with Gasteiger partial charge in [0.05, 0.1) is 12.0 Å². The van der Waals surface area contributed by atoms with Gasteiger partial charge in [-0.1, -0.05) is 29.4 Å². The lowest BCUT2D eigenvalue weighted by atomic mass is 10.2. The van der Waals surface area contributed by atoms with E-state index < -0.39 is 11.5 Å². The Hall–Kier alpha value is -3.24. The first-order chi connectivity index (χ1) is 13.8. The summed E-state index contributed by atoms with van der Waals surface area (Å²) in [6.07, 6.45) is 1.33. The summed E-state index contributed by atoms with van der Waals surface area (Å²) < 4.78 is 4.96. The Balaban J connectivity index is 1.62. The van der Waals surface area contributed by atoms with Crippen molar-refractivity contribution in [2.45, 2.75) is 12.1 Å². The number of anilines is 3. The van der Waals surface area contributed by atoms with E-state index >= 15 is 0 Å². The number of nitrogen functional groups attached to an aromatic ring is 1. The molecule has 0 aliphatic rings. The maximum Gasteiger partial charge on any atom is 0.291 e. The number of aryl methyl sites for hydroxylation is 1. The van der Waals surface area contributed by atoms with E-state index in [2.05, 4.69) is 20.6 Å². The molecule has 2 aromatic heterocycles. The van der Waals surface area contributed by atoms with E-state index in [-0.39, 0.29) is 34.1 Å². The van der Waals surface area contributed by atoms with Gasteiger partial charge in [-0.15, -0.1) is 0 Å². The molecule has 150 valence electrons. The van der Waals surface area contributed by atoms with Gasteiger partial charge in [0.15, 0.2) is 22.4 Å². The van der Waals surface area contributed by atoms with Crippen LogP contribution in [0.25, 0.3) is 0 Å². The second-order valence-electron chi connectivity index (χ2n) is 5.86. The summed E-state index contributed by atoms with van der Waals surface area (Å²) in [6, 6.07) is 8.15. The number of aromatic nitrogens is 2. The highest BCUT2D eigenvalue weighted by Gasteiger charge is 2.16. The fraction of sp³-hybridized carbons (Fsp3) is 0.111. The van der Waals surface area contributed by atoms with Gasteiger partial charge in [-0.3, -0.25) is 19.4 Å². The quantitative estimate of drug-likeness (QED) is 0.345. The van der Waals surface area contributed by atoms with Crippen LogP contribution in [0.3, 0.4) is 0 Å². The molecule has 0 spiro atoms. The van der Waals surface area contributed by atoms with Crippen LogP contribution < -0.4 is 21.9 Å². The Kier molecular flexibility index (Phi) is 6.25. The van der Waals surface area contributed by atoms with E-state index in [9.17, 15) is 14.4 Å². The average Bonchev–Trinajstić information content (AvgIpc) is 3.21. The molecule has 3 aromatic rings. The summed E-state index contributed by atoms with van der Waals surface area (Å²) >= 11 is 7.02. The van der Waals surface area contributed by atoms with Gasteiger partial charge in [-0.2, -0.15) is 0 Å². The predicted molar refractivity (Wildman–Crippen MR) is 111 cm³/mol. The van der Waals surface area contributed by atoms with Gasteiger partial charge in [-0.25, -0.2) is 4.98 Å². The summed E-state index contributed by atoms with van der Waals surface area (Å²) in [4.78, 5) is 42.8. The molecule has 2 heterocycles. The Morgan fingerprint density at radius 2 is 2.10 bits per heavy atom. The van der Waals surface area contributed by atoms with Crippen LogP contribution in [-0.4, -0.2) is 27.5 Å². The number of nitrogens with two attached hydrogens (primary N) is 1. The number of benzene rings is 1. The number of carbonyl (C=O) groups excluding carboxylic acids is 2. The molecular formula is C18H16ClN5O4S. The maximum atomic E-state index is 12.2. The lowest BCUT2D eigenvalue weighted by Gasteiger charge is -2.08. The Bertz CT molecular complexity index is 1110. The lowest BCUT2D eigenvalue weighted by molar-refractivity contribution is -0.113. The van der Waals surface area contributed by atoms with Crippen molar-refractivity contribution in [2.24, 2.45) is 0 Å². The molecule has 0 atom stereocenters. The molecule has 0 bridgehead atoms. The number of halogens is 1. The molecule has 5 N–H and O–H groups in total. The van der Waals surface area contributed by atoms with Gasteiger partial charge >= 0.3 is 0 Å². The first-order valence-electron chi connectivity index (χ1n) is 8.27. The van der Waals surface area contributed by atoms with E-state index in [4.69, 9.17) is 21.8 Å². The second kappa shape index (κ2) is 8.84. The summed E-state index contributed by atoms with van der Waals surface area (Å²) in [5.74, 6) is -1.12. The van der Waals surface area contributed by atoms with Crippen LogP contribution in [0.4, 0.5) is 17.2 Å². The molecule has 0 aliphatic carbocycles. The molecule has 0 aliphatic heterocycles. The molecule has 0 fully saturated rings. The van der Waals surface area contributed by atoms with E-state index in [1.165, 1.54) is 18.4 Å². The molecule has 11 heteroatoms. The fourth-order valence-corrected chi connectivity index (χ4v) is 3.09. The molecule has 9 nitrogen and oxygen atoms in total. The SMILES string of the molecule is Cc1ccc(NC(=O)CSc2nc(N)c(NC(=O)c3ccco3)c(=O)[nH]2)cc1Cl.